The number of hydrogen-bond acceptors (Lipinski definition) is 5. The molecule has 3 aromatic carbocycles. The summed E-state index contributed by atoms with van der Waals surface area (Å²) in [6, 6.07) is 20.6. The molecule has 3 aromatic rings. The molecule has 1 saturated heterocycles. The van der Waals surface area contributed by atoms with Crippen LogP contribution in [0.1, 0.15) is 21.5 Å². The first-order chi connectivity index (χ1) is 15.4. The number of carbonyl (C=O) groups is 3. The van der Waals surface area contributed by atoms with Crippen molar-refractivity contribution >= 4 is 62.5 Å². The van der Waals surface area contributed by atoms with Gasteiger partial charge in [-0.25, -0.2) is 4.79 Å². The molecule has 2 amide bonds. The molecule has 5 nitrogen and oxygen atoms in total. The molecule has 0 unspecified atom stereocenters. The number of hydrogen-bond donors (Lipinski definition) is 0. The third kappa shape index (κ3) is 5.30. The summed E-state index contributed by atoms with van der Waals surface area (Å²) in [7, 11) is 0. The van der Waals surface area contributed by atoms with Gasteiger partial charge in [-0.3, -0.25) is 14.5 Å². The van der Waals surface area contributed by atoms with Crippen LogP contribution >= 0.6 is 39.3 Å². The topological polar surface area (TPSA) is 63.7 Å². The minimum Gasteiger partial charge on any atom is -0.423 e. The first kappa shape index (κ1) is 22.3. The van der Waals surface area contributed by atoms with Crippen molar-refractivity contribution in [1.29, 1.82) is 0 Å². The Balaban J connectivity index is 1.43. The van der Waals surface area contributed by atoms with Gasteiger partial charge in [0.25, 0.3) is 11.1 Å². The van der Waals surface area contributed by atoms with E-state index in [1.165, 1.54) is 4.90 Å². The zero-order valence-electron chi connectivity index (χ0n) is 16.5. The number of amides is 2. The van der Waals surface area contributed by atoms with Crippen LogP contribution in [0.5, 0.6) is 5.75 Å². The smallest absolute Gasteiger partial charge is 0.343 e. The molecule has 0 bridgehead atoms. The van der Waals surface area contributed by atoms with Crippen LogP contribution in [0.2, 0.25) is 5.02 Å². The molecule has 0 saturated carbocycles. The summed E-state index contributed by atoms with van der Waals surface area (Å²) in [4.78, 5) is 38.8. The maximum Gasteiger partial charge on any atom is 0.343 e. The monoisotopic (exact) mass is 527 g/mol. The normalized spacial score (nSPS) is 14.8. The summed E-state index contributed by atoms with van der Waals surface area (Å²) in [5, 5.41) is 0.215. The van der Waals surface area contributed by atoms with Gasteiger partial charge >= 0.3 is 5.97 Å². The number of imide groups is 1. The van der Waals surface area contributed by atoms with E-state index in [0.29, 0.717) is 26.8 Å². The molecule has 8 heteroatoms. The predicted molar refractivity (Wildman–Crippen MR) is 129 cm³/mol. The van der Waals surface area contributed by atoms with Crippen molar-refractivity contribution in [3.63, 3.8) is 0 Å². The van der Waals surface area contributed by atoms with Gasteiger partial charge < -0.3 is 4.74 Å². The van der Waals surface area contributed by atoms with E-state index < -0.39 is 5.97 Å². The van der Waals surface area contributed by atoms with Gasteiger partial charge in [-0.05, 0) is 77.5 Å². The molecule has 4 rings (SSSR count). The van der Waals surface area contributed by atoms with Crippen LogP contribution < -0.4 is 4.74 Å². The average molecular weight is 529 g/mol. The van der Waals surface area contributed by atoms with Crippen molar-refractivity contribution in [2.75, 3.05) is 0 Å². The second-order valence-corrected chi connectivity index (χ2v) is 9.21. The summed E-state index contributed by atoms with van der Waals surface area (Å²) < 4.78 is 6.25. The second-order valence-electron chi connectivity index (χ2n) is 6.86. The van der Waals surface area contributed by atoms with Gasteiger partial charge in [-0.2, -0.15) is 0 Å². The molecule has 0 atom stereocenters. The lowest BCUT2D eigenvalue weighted by Gasteiger charge is -2.12. The fourth-order valence-electron chi connectivity index (χ4n) is 2.99. The van der Waals surface area contributed by atoms with E-state index in [1.807, 2.05) is 6.07 Å². The van der Waals surface area contributed by atoms with Gasteiger partial charge in [-0.1, -0.05) is 51.8 Å². The Morgan fingerprint density at radius 1 is 1.03 bits per heavy atom. The SMILES string of the molecule is O=C(Oc1ccc(/C=C2\SC(=O)N(Cc3cccc(Cl)c3)C2=O)cc1)c1ccc(Br)cc1. The number of nitrogens with zero attached hydrogens (tertiary/aromatic N) is 1. The van der Waals surface area contributed by atoms with E-state index in [9.17, 15) is 14.4 Å². The average Bonchev–Trinajstić information content (AvgIpc) is 3.03. The lowest BCUT2D eigenvalue weighted by atomic mass is 10.2. The lowest BCUT2D eigenvalue weighted by Crippen LogP contribution is -2.27. The molecule has 0 spiro atoms. The van der Waals surface area contributed by atoms with Crippen LogP contribution in [0.15, 0.2) is 82.2 Å². The molecule has 0 radical (unpaired) electrons. The van der Waals surface area contributed by atoms with E-state index >= 15 is 0 Å². The quantitative estimate of drug-likeness (QED) is 0.213. The fraction of sp³-hybridized carbons (Fsp3) is 0.0417. The van der Waals surface area contributed by atoms with Crippen LogP contribution in [0, 0.1) is 0 Å². The van der Waals surface area contributed by atoms with Crippen molar-refractivity contribution in [2.24, 2.45) is 0 Å². The molecule has 0 aliphatic carbocycles. The zero-order chi connectivity index (χ0) is 22.7. The summed E-state index contributed by atoms with van der Waals surface area (Å²) in [6.45, 7) is 0.160. The third-order valence-corrected chi connectivity index (χ3v) is 6.24. The second kappa shape index (κ2) is 9.73. The maximum atomic E-state index is 12.7. The minimum atomic E-state index is -0.465. The Morgan fingerprint density at radius 3 is 2.44 bits per heavy atom. The number of esters is 1. The molecule has 0 aromatic heterocycles. The Labute approximate surface area is 202 Å². The van der Waals surface area contributed by atoms with E-state index in [0.717, 1.165) is 21.8 Å². The Bertz CT molecular complexity index is 1230. The van der Waals surface area contributed by atoms with Gasteiger partial charge in [0.05, 0.1) is 17.0 Å². The van der Waals surface area contributed by atoms with Gasteiger partial charge in [0, 0.05) is 9.50 Å². The highest BCUT2D eigenvalue weighted by atomic mass is 79.9. The first-order valence-electron chi connectivity index (χ1n) is 9.47. The largest absolute Gasteiger partial charge is 0.423 e. The summed E-state index contributed by atoms with van der Waals surface area (Å²) in [5.41, 5.74) is 1.92. The van der Waals surface area contributed by atoms with Crippen molar-refractivity contribution in [1.82, 2.24) is 4.90 Å². The molecular weight excluding hydrogens is 514 g/mol. The van der Waals surface area contributed by atoms with Gasteiger partial charge in [0.2, 0.25) is 0 Å². The van der Waals surface area contributed by atoms with Crippen LogP contribution in [0.25, 0.3) is 6.08 Å². The molecular formula is C24H15BrClNO4S. The Hall–Kier alpha value is -2.87. The number of ether oxygens (including phenoxy) is 1. The van der Waals surface area contributed by atoms with E-state index in [-0.39, 0.29) is 17.7 Å². The highest BCUT2D eigenvalue weighted by Crippen LogP contribution is 2.33. The molecule has 1 fully saturated rings. The summed E-state index contributed by atoms with van der Waals surface area (Å²) in [5.74, 6) is -0.442. The predicted octanol–water partition coefficient (Wildman–Crippen LogP) is 6.56. The van der Waals surface area contributed by atoms with Crippen LogP contribution in [-0.2, 0) is 11.3 Å². The molecule has 1 aliphatic heterocycles. The fourth-order valence-corrected chi connectivity index (χ4v) is 4.31. The van der Waals surface area contributed by atoms with E-state index in [1.54, 1.807) is 72.8 Å². The standard InChI is InChI=1S/C24H15BrClNO4S/c25-18-8-6-17(7-9-18)23(29)31-20-10-4-15(5-11-20)13-21-22(28)27(24(30)32-21)14-16-2-1-3-19(26)12-16/h1-13H,14H2/b21-13-. The number of halogens is 2. The Kier molecular flexibility index (Phi) is 6.79. The molecule has 0 N–H and O–H groups in total. The van der Waals surface area contributed by atoms with Crippen LogP contribution in [0.3, 0.4) is 0 Å². The number of carbonyl (C=O) groups excluding carboxylic acids is 3. The van der Waals surface area contributed by atoms with Crippen molar-refractivity contribution in [3.05, 3.63) is 104 Å². The molecule has 1 aliphatic rings. The highest BCUT2D eigenvalue weighted by Gasteiger charge is 2.35. The zero-order valence-corrected chi connectivity index (χ0v) is 19.6. The lowest BCUT2D eigenvalue weighted by molar-refractivity contribution is -0.123. The van der Waals surface area contributed by atoms with Gasteiger partial charge in [-0.15, -0.1) is 0 Å². The van der Waals surface area contributed by atoms with E-state index in [4.69, 9.17) is 16.3 Å². The third-order valence-electron chi connectivity index (χ3n) is 4.57. The Morgan fingerprint density at radius 2 is 1.75 bits per heavy atom. The van der Waals surface area contributed by atoms with Gasteiger partial charge in [0.15, 0.2) is 0 Å². The van der Waals surface area contributed by atoms with Crippen molar-refractivity contribution in [2.45, 2.75) is 6.54 Å². The minimum absolute atomic E-state index is 0.160. The maximum absolute atomic E-state index is 12.7. The number of thioether (sulfide) groups is 1. The molecule has 160 valence electrons. The number of rotatable bonds is 5. The summed E-state index contributed by atoms with van der Waals surface area (Å²) in [6.07, 6.45) is 1.64. The first-order valence-corrected chi connectivity index (χ1v) is 11.5. The highest BCUT2D eigenvalue weighted by molar-refractivity contribution is 9.10. The van der Waals surface area contributed by atoms with E-state index in [2.05, 4.69) is 15.9 Å². The van der Waals surface area contributed by atoms with Crippen molar-refractivity contribution in [3.8, 4) is 5.75 Å². The number of benzene rings is 3. The molecule has 1 heterocycles. The van der Waals surface area contributed by atoms with Gasteiger partial charge in [0.1, 0.15) is 5.75 Å². The summed E-state index contributed by atoms with van der Waals surface area (Å²) >= 11 is 10.2. The van der Waals surface area contributed by atoms with Crippen LogP contribution in [0.4, 0.5) is 4.79 Å². The molecule has 32 heavy (non-hydrogen) atoms. The van der Waals surface area contributed by atoms with Crippen LogP contribution in [-0.4, -0.2) is 22.0 Å². The van der Waals surface area contributed by atoms with Crippen molar-refractivity contribution < 1.29 is 19.1 Å².